The first kappa shape index (κ1) is 22.1. The zero-order valence-corrected chi connectivity index (χ0v) is 17.1. The molecule has 0 aliphatic carbocycles. The molecule has 0 saturated heterocycles. The van der Waals surface area contributed by atoms with Gasteiger partial charge in [-0.25, -0.2) is 0 Å². The van der Waals surface area contributed by atoms with Crippen LogP contribution in [-0.4, -0.2) is 51.3 Å². The van der Waals surface area contributed by atoms with Gasteiger partial charge in [-0.3, -0.25) is 9.79 Å². The van der Waals surface area contributed by atoms with E-state index in [0.717, 1.165) is 23.8 Å². The summed E-state index contributed by atoms with van der Waals surface area (Å²) in [5.41, 5.74) is 0. The molecule has 132 valence electrons. The van der Waals surface area contributed by atoms with Gasteiger partial charge in [0.1, 0.15) is 0 Å². The first-order valence-electron chi connectivity index (χ1n) is 7.52. The summed E-state index contributed by atoms with van der Waals surface area (Å²) in [7, 11) is 1.68. The van der Waals surface area contributed by atoms with E-state index in [2.05, 4.69) is 20.9 Å². The maximum absolute atomic E-state index is 11.7. The normalized spacial score (nSPS) is 12.2. The fourth-order valence-corrected chi connectivity index (χ4v) is 2.45. The molecular formula is C15H27IN4O2S. The van der Waals surface area contributed by atoms with Crippen molar-refractivity contribution in [2.24, 2.45) is 4.99 Å². The lowest BCUT2D eigenvalue weighted by molar-refractivity contribution is 0.0957. The highest BCUT2D eigenvalue weighted by Crippen LogP contribution is 2.07. The molecule has 23 heavy (non-hydrogen) atoms. The molecule has 1 aromatic rings. The van der Waals surface area contributed by atoms with Gasteiger partial charge in [-0.05, 0) is 31.7 Å². The van der Waals surface area contributed by atoms with Crippen LogP contribution in [0.5, 0.6) is 0 Å². The molecule has 0 fully saturated rings. The number of rotatable bonds is 9. The number of guanidine groups is 1. The average Bonchev–Trinajstić information content (AvgIpc) is 3.01. The van der Waals surface area contributed by atoms with Crippen LogP contribution in [0.3, 0.4) is 0 Å². The Labute approximate surface area is 159 Å². The van der Waals surface area contributed by atoms with E-state index in [1.807, 2.05) is 31.4 Å². The molecule has 6 nitrogen and oxygen atoms in total. The summed E-state index contributed by atoms with van der Waals surface area (Å²) in [5.74, 6) is 0.759. The summed E-state index contributed by atoms with van der Waals surface area (Å²) in [4.78, 5) is 17.0. The Kier molecular flexibility index (Phi) is 13.0. The molecule has 3 N–H and O–H groups in total. The van der Waals surface area contributed by atoms with E-state index in [4.69, 9.17) is 4.74 Å². The highest BCUT2D eigenvalue weighted by molar-refractivity contribution is 14.0. The number of carbonyl (C=O) groups is 1. The molecule has 0 radical (unpaired) electrons. The first-order valence-corrected chi connectivity index (χ1v) is 8.40. The molecular weight excluding hydrogens is 427 g/mol. The maximum Gasteiger partial charge on any atom is 0.261 e. The minimum atomic E-state index is -0.0160. The molecule has 1 rings (SSSR count). The number of halogens is 1. The predicted molar refractivity (Wildman–Crippen MR) is 107 cm³/mol. The van der Waals surface area contributed by atoms with E-state index in [9.17, 15) is 4.79 Å². The first-order chi connectivity index (χ1) is 10.7. The number of hydrogen-bond acceptors (Lipinski definition) is 4. The summed E-state index contributed by atoms with van der Waals surface area (Å²) in [5, 5.41) is 11.3. The number of thiophene rings is 1. The summed E-state index contributed by atoms with van der Waals surface area (Å²) in [6, 6.07) is 3.89. The van der Waals surface area contributed by atoms with Crippen LogP contribution in [0, 0.1) is 0 Å². The van der Waals surface area contributed by atoms with E-state index >= 15 is 0 Å². The van der Waals surface area contributed by atoms with Crippen LogP contribution in [0.1, 0.15) is 29.9 Å². The maximum atomic E-state index is 11.7. The van der Waals surface area contributed by atoms with Crippen molar-refractivity contribution in [3.05, 3.63) is 22.4 Å². The Morgan fingerprint density at radius 3 is 2.83 bits per heavy atom. The van der Waals surface area contributed by atoms with Gasteiger partial charge in [-0.2, -0.15) is 0 Å². The van der Waals surface area contributed by atoms with Gasteiger partial charge in [-0.15, -0.1) is 35.3 Å². The zero-order valence-electron chi connectivity index (χ0n) is 13.9. The van der Waals surface area contributed by atoms with Gasteiger partial charge in [0, 0.05) is 32.8 Å². The van der Waals surface area contributed by atoms with Crippen LogP contribution in [0.15, 0.2) is 22.5 Å². The summed E-state index contributed by atoms with van der Waals surface area (Å²) >= 11 is 1.45. The molecule has 1 amide bonds. The number of aliphatic imine (C=N–C) groups is 1. The lowest BCUT2D eigenvalue weighted by Gasteiger charge is -2.16. The molecule has 0 spiro atoms. The van der Waals surface area contributed by atoms with Crippen molar-refractivity contribution in [2.45, 2.75) is 26.3 Å². The fraction of sp³-hybridized carbons (Fsp3) is 0.600. The topological polar surface area (TPSA) is 74.8 Å². The van der Waals surface area contributed by atoms with E-state index in [0.29, 0.717) is 19.7 Å². The number of amides is 1. The molecule has 0 aromatic carbocycles. The van der Waals surface area contributed by atoms with E-state index in [1.54, 1.807) is 7.11 Å². The van der Waals surface area contributed by atoms with Gasteiger partial charge in [0.25, 0.3) is 5.91 Å². The van der Waals surface area contributed by atoms with Crippen molar-refractivity contribution in [1.82, 2.24) is 16.0 Å². The Morgan fingerprint density at radius 2 is 2.22 bits per heavy atom. The SMILES string of the molecule is CCNC(=NCCCNC(=O)c1cccs1)NC(C)COC.I. The molecule has 0 aliphatic rings. The predicted octanol–water partition coefficient (Wildman–Crippen LogP) is 2.08. The Hall–Kier alpha value is -0.870. The minimum absolute atomic E-state index is 0. The quantitative estimate of drug-likeness (QED) is 0.231. The molecule has 0 aliphatic heterocycles. The van der Waals surface area contributed by atoms with Crippen molar-refractivity contribution in [3.63, 3.8) is 0 Å². The third-order valence-corrected chi connectivity index (χ3v) is 3.65. The molecule has 1 atom stereocenters. The van der Waals surface area contributed by atoms with Gasteiger partial charge in [-0.1, -0.05) is 6.07 Å². The van der Waals surface area contributed by atoms with Crippen LogP contribution >= 0.6 is 35.3 Å². The molecule has 0 bridgehead atoms. The Balaban J connectivity index is 0.00000484. The Morgan fingerprint density at radius 1 is 1.43 bits per heavy atom. The van der Waals surface area contributed by atoms with Crippen molar-refractivity contribution < 1.29 is 9.53 Å². The van der Waals surface area contributed by atoms with Crippen molar-refractivity contribution in [1.29, 1.82) is 0 Å². The molecule has 0 saturated carbocycles. The number of nitrogens with one attached hydrogen (secondary N) is 3. The van der Waals surface area contributed by atoms with Gasteiger partial charge >= 0.3 is 0 Å². The summed E-state index contributed by atoms with van der Waals surface area (Å²) in [6.45, 7) is 6.77. The Bertz CT molecular complexity index is 454. The lowest BCUT2D eigenvalue weighted by Crippen LogP contribution is -2.44. The second-order valence-electron chi connectivity index (χ2n) is 4.85. The number of ether oxygens (including phenoxy) is 1. The van der Waals surface area contributed by atoms with E-state index in [-0.39, 0.29) is 35.9 Å². The number of methoxy groups -OCH3 is 1. The van der Waals surface area contributed by atoms with Crippen LogP contribution in [0.2, 0.25) is 0 Å². The zero-order chi connectivity index (χ0) is 16.2. The second kappa shape index (κ2) is 13.6. The summed E-state index contributed by atoms with van der Waals surface area (Å²) < 4.78 is 5.10. The average molecular weight is 454 g/mol. The van der Waals surface area contributed by atoms with E-state index < -0.39 is 0 Å². The molecule has 8 heteroatoms. The third-order valence-electron chi connectivity index (χ3n) is 2.78. The van der Waals surface area contributed by atoms with E-state index in [1.165, 1.54) is 11.3 Å². The highest BCUT2D eigenvalue weighted by atomic mass is 127. The van der Waals surface area contributed by atoms with Gasteiger partial charge in [0.15, 0.2) is 5.96 Å². The smallest absolute Gasteiger partial charge is 0.261 e. The second-order valence-corrected chi connectivity index (χ2v) is 5.80. The largest absolute Gasteiger partial charge is 0.383 e. The molecule has 1 aromatic heterocycles. The third kappa shape index (κ3) is 9.77. The van der Waals surface area contributed by atoms with Crippen molar-refractivity contribution in [3.8, 4) is 0 Å². The van der Waals surface area contributed by atoms with Crippen LogP contribution in [-0.2, 0) is 4.74 Å². The number of hydrogen-bond donors (Lipinski definition) is 3. The van der Waals surface area contributed by atoms with Crippen molar-refractivity contribution >= 4 is 47.2 Å². The standard InChI is InChI=1S/C15H26N4O2S.HI/c1-4-16-15(19-12(2)11-21-3)18-9-6-8-17-14(20)13-7-5-10-22-13;/h5,7,10,12H,4,6,8-9,11H2,1-3H3,(H,17,20)(H2,16,18,19);1H. The summed E-state index contributed by atoms with van der Waals surface area (Å²) in [6.07, 6.45) is 0.798. The monoisotopic (exact) mass is 454 g/mol. The lowest BCUT2D eigenvalue weighted by atomic mass is 10.3. The fourth-order valence-electron chi connectivity index (χ4n) is 1.81. The number of nitrogens with zero attached hydrogens (tertiary/aromatic N) is 1. The number of carbonyl (C=O) groups excluding carboxylic acids is 1. The van der Waals surface area contributed by atoms with Crippen molar-refractivity contribution in [2.75, 3.05) is 33.4 Å². The molecule has 1 heterocycles. The van der Waals surface area contributed by atoms with Gasteiger partial charge in [0.2, 0.25) is 0 Å². The molecule has 1 unspecified atom stereocenters. The van der Waals surface area contributed by atoms with Crippen LogP contribution < -0.4 is 16.0 Å². The van der Waals surface area contributed by atoms with Crippen LogP contribution in [0.25, 0.3) is 0 Å². The highest BCUT2D eigenvalue weighted by Gasteiger charge is 2.05. The van der Waals surface area contributed by atoms with Gasteiger partial charge < -0.3 is 20.7 Å². The van der Waals surface area contributed by atoms with Crippen LogP contribution in [0.4, 0.5) is 0 Å². The van der Waals surface area contributed by atoms with Gasteiger partial charge in [0.05, 0.1) is 11.5 Å². The minimum Gasteiger partial charge on any atom is -0.383 e.